The first-order valence-electron chi connectivity index (χ1n) is 5.38. The van der Waals surface area contributed by atoms with Crippen LogP contribution in [-0.2, 0) is 0 Å². The number of hydrogen-bond donors (Lipinski definition) is 1. The van der Waals surface area contributed by atoms with Gasteiger partial charge in [0, 0.05) is 11.3 Å². The van der Waals surface area contributed by atoms with Gasteiger partial charge in [-0.1, -0.05) is 19.0 Å². The third-order valence-corrected chi connectivity index (χ3v) is 3.33. The quantitative estimate of drug-likeness (QED) is 0.908. The van der Waals surface area contributed by atoms with E-state index in [4.69, 9.17) is 4.52 Å². The second-order valence-electron chi connectivity index (χ2n) is 4.18. The number of thiophene rings is 1. The SMILES string of the molecule is Cc1cscc1C(=O)Nc1cnoc1C(C)C. The van der Waals surface area contributed by atoms with Gasteiger partial charge in [0.15, 0.2) is 5.76 Å². The van der Waals surface area contributed by atoms with Crippen LogP contribution in [0.1, 0.15) is 41.4 Å². The zero-order valence-electron chi connectivity index (χ0n) is 9.98. The lowest BCUT2D eigenvalue weighted by Crippen LogP contribution is -2.12. The number of aryl methyl sites for hydroxylation is 1. The molecule has 2 aromatic rings. The summed E-state index contributed by atoms with van der Waals surface area (Å²) in [6.45, 7) is 5.90. The summed E-state index contributed by atoms with van der Waals surface area (Å²) in [6.07, 6.45) is 1.54. The number of hydrogen-bond acceptors (Lipinski definition) is 4. The summed E-state index contributed by atoms with van der Waals surface area (Å²) >= 11 is 1.52. The van der Waals surface area contributed by atoms with Crippen molar-refractivity contribution in [3.05, 3.63) is 33.8 Å². The van der Waals surface area contributed by atoms with E-state index in [9.17, 15) is 4.79 Å². The summed E-state index contributed by atoms with van der Waals surface area (Å²) < 4.78 is 5.11. The van der Waals surface area contributed by atoms with Gasteiger partial charge in [0.2, 0.25) is 0 Å². The van der Waals surface area contributed by atoms with E-state index < -0.39 is 0 Å². The maximum atomic E-state index is 12.0. The maximum Gasteiger partial charge on any atom is 0.256 e. The van der Waals surface area contributed by atoms with Crippen LogP contribution in [0.5, 0.6) is 0 Å². The van der Waals surface area contributed by atoms with E-state index in [1.165, 1.54) is 17.5 Å². The van der Waals surface area contributed by atoms with Crippen molar-refractivity contribution in [2.45, 2.75) is 26.7 Å². The number of nitrogens with zero attached hydrogens (tertiary/aromatic N) is 1. The van der Waals surface area contributed by atoms with Crippen molar-refractivity contribution in [2.24, 2.45) is 0 Å². The van der Waals surface area contributed by atoms with Gasteiger partial charge >= 0.3 is 0 Å². The van der Waals surface area contributed by atoms with Crippen molar-refractivity contribution < 1.29 is 9.32 Å². The Morgan fingerprint density at radius 2 is 2.24 bits per heavy atom. The fourth-order valence-electron chi connectivity index (χ4n) is 1.54. The van der Waals surface area contributed by atoms with Crippen LogP contribution in [0.15, 0.2) is 21.5 Å². The molecular formula is C12H14N2O2S. The lowest BCUT2D eigenvalue weighted by molar-refractivity contribution is 0.102. The molecular weight excluding hydrogens is 236 g/mol. The molecule has 2 rings (SSSR count). The summed E-state index contributed by atoms with van der Waals surface area (Å²) in [4.78, 5) is 12.0. The minimum absolute atomic E-state index is 0.117. The molecule has 0 aliphatic heterocycles. The van der Waals surface area contributed by atoms with Gasteiger partial charge in [-0.15, -0.1) is 0 Å². The highest BCUT2D eigenvalue weighted by Gasteiger charge is 2.16. The summed E-state index contributed by atoms with van der Waals surface area (Å²) in [5.41, 5.74) is 2.33. The van der Waals surface area contributed by atoms with Crippen LogP contribution in [0.3, 0.4) is 0 Å². The predicted octanol–water partition coefficient (Wildman–Crippen LogP) is 3.42. The molecule has 0 radical (unpaired) electrons. The van der Waals surface area contributed by atoms with Crippen LogP contribution in [-0.4, -0.2) is 11.1 Å². The van der Waals surface area contributed by atoms with Crippen molar-refractivity contribution >= 4 is 22.9 Å². The minimum Gasteiger partial charge on any atom is -0.359 e. The Balaban J connectivity index is 2.19. The Bertz CT molecular complexity index is 528. The Morgan fingerprint density at radius 1 is 1.47 bits per heavy atom. The Kier molecular flexibility index (Phi) is 3.28. The maximum absolute atomic E-state index is 12.0. The number of anilines is 1. The summed E-state index contributed by atoms with van der Waals surface area (Å²) in [5, 5.41) is 10.3. The largest absolute Gasteiger partial charge is 0.359 e. The van der Waals surface area contributed by atoms with Crippen LogP contribution >= 0.6 is 11.3 Å². The van der Waals surface area contributed by atoms with Crippen molar-refractivity contribution in [2.75, 3.05) is 5.32 Å². The van der Waals surface area contributed by atoms with E-state index in [0.717, 1.165) is 5.56 Å². The van der Waals surface area contributed by atoms with Crippen LogP contribution in [0, 0.1) is 6.92 Å². The molecule has 0 atom stereocenters. The number of rotatable bonds is 3. The summed E-state index contributed by atoms with van der Waals surface area (Å²) in [6, 6.07) is 0. The van der Waals surface area contributed by atoms with Gasteiger partial charge < -0.3 is 9.84 Å². The molecule has 0 aromatic carbocycles. The number of aromatic nitrogens is 1. The molecule has 0 spiro atoms. The van der Waals surface area contributed by atoms with Gasteiger partial charge in [-0.25, -0.2) is 0 Å². The Labute approximate surface area is 104 Å². The molecule has 0 aliphatic carbocycles. The fraction of sp³-hybridized carbons (Fsp3) is 0.333. The molecule has 0 saturated heterocycles. The molecule has 2 aromatic heterocycles. The fourth-order valence-corrected chi connectivity index (χ4v) is 2.37. The number of amides is 1. The summed E-state index contributed by atoms with van der Waals surface area (Å²) in [5.74, 6) is 0.774. The first kappa shape index (κ1) is 11.9. The van der Waals surface area contributed by atoms with Crippen LogP contribution in [0.2, 0.25) is 0 Å². The first-order valence-corrected chi connectivity index (χ1v) is 6.32. The summed E-state index contributed by atoms with van der Waals surface area (Å²) in [7, 11) is 0. The van der Waals surface area contributed by atoms with Gasteiger partial charge in [0.05, 0.1) is 11.8 Å². The van der Waals surface area contributed by atoms with Crippen LogP contribution in [0.25, 0.3) is 0 Å². The average Bonchev–Trinajstić information content (AvgIpc) is 2.86. The molecule has 5 heteroatoms. The van der Waals surface area contributed by atoms with Gasteiger partial charge in [0.1, 0.15) is 5.69 Å². The number of carbonyl (C=O) groups is 1. The number of nitrogens with one attached hydrogen (secondary N) is 1. The van der Waals surface area contributed by atoms with Crippen LogP contribution < -0.4 is 5.32 Å². The standard InChI is InChI=1S/C12H14N2O2S/c1-7(2)11-10(4-13-16-11)14-12(15)9-6-17-5-8(9)3/h4-7H,1-3H3,(H,14,15). The molecule has 1 amide bonds. The van der Waals surface area contributed by atoms with Crippen molar-refractivity contribution in [1.29, 1.82) is 0 Å². The van der Waals surface area contributed by atoms with Gasteiger partial charge in [0.25, 0.3) is 5.91 Å². The van der Waals surface area contributed by atoms with Gasteiger partial charge in [-0.3, -0.25) is 4.79 Å². The predicted molar refractivity (Wildman–Crippen MR) is 67.6 cm³/mol. The van der Waals surface area contributed by atoms with E-state index in [1.807, 2.05) is 31.5 Å². The molecule has 0 aliphatic rings. The van der Waals surface area contributed by atoms with Gasteiger partial charge in [-0.2, -0.15) is 11.3 Å². The highest BCUT2D eigenvalue weighted by atomic mass is 32.1. The first-order chi connectivity index (χ1) is 8.09. The third kappa shape index (κ3) is 2.39. The van der Waals surface area contributed by atoms with Crippen molar-refractivity contribution in [3.8, 4) is 0 Å². The van der Waals surface area contributed by atoms with E-state index in [2.05, 4.69) is 10.5 Å². The Hall–Kier alpha value is -1.62. The second kappa shape index (κ2) is 4.71. The molecule has 1 N–H and O–H groups in total. The normalized spacial score (nSPS) is 10.8. The van der Waals surface area contributed by atoms with Crippen LogP contribution in [0.4, 0.5) is 5.69 Å². The third-order valence-electron chi connectivity index (χ3n) is 2.47. The lowest BCUT2D eigenvalue weighted by atomic mass is 10.1. The molecule has 0 saturated carbocycles. The second-order valence-corrected chi connectivity index (χ2v) is 4.92. The molecule has 4 nitrogen and oxygen atoms in total. The van der Waals surface area contributed by atoms with Crippen molar-refractivity contribution in [1.82, 2.24) is 5.16 Å². The van der Waals surface area contributed by atoms with E-state index in [-0.39, 0.29) is 11.8 Å². The number of carbonyl (C=O) groups excluding carboxylic acids is 1. The van der Waals surface area contributed by atoms with Gasteiger partial charge in [-0.05, 0) is 17.9 Å². The molecule has 90 valence electrons. The minimum atomic E-state index is -0.117. The van der Waals surface area contributed by atoms with E-state index in [0.29, 0.717) is 17.0 Å². The zero-order chi connectivity index (χ0) is 12.4. The molecule has 2 heterocycles. The average molecular weight is 250 g/mol. The Morgan fingerprint density at radius 3 is 2.82 bits per heavy atom. The zero-order valence-corrected chi connectivity index (χ0v) is 10.8. The monoisotopic (exact) mass is 250 g/mol. The lowest BCUT2D eigenvalue weighted by Gasteiger charge is -2.05. The van der Waals surface area contributed by atoms with E-state index in [1.54, 1.807) is 0 Å². The topological polar surface area (TPSA) is 55.1 Å². The smallest absolute Gasteiger partial charge is 0.256 e. The molecule has 17 heavy (non-hydrogen) atoms. The highest BCUT2D eigenvalue weighted by molar-refractivity contribution is 7.08. The highest BCUT2D eigenvalue weighted by Crippen LogP contribution is 2.24. The molecule has 0 fully saturated rings. The van der Waals surface area contributed by atoms with E-state index >= 15 is 0 Å². The molecule has 0 bridgehead atoms. The molecule has 0 unspecified atom stereocenters. The van der Waals surface area contributed by atoms with Crippen molar-refractivity contribution in [3.63, 3.8) is 0 Å².